The fourth-order valence-electron chi connectivity index (χ4n) is 1.77. The van der Waals surface area contributed by atoms with Gasteiger partial charge < -0.3 is 0 Å². The molecule has 1 aromatic heterocycles. The molecule has 16 heavy (non-hydrogen) atoms. The predicted octanol–water partition coefficient (Wildman–Crippen LogP) is 2.19. The molecule has 3 heteroatoms. The number of rotatable bonds is 4. The van der Waals surface area contributed by atoms with Crippen LogP contribution in [0.4, 0.5) is 0 Å². The van der Waals surface area contributed by atoms with E-state index in [1.165, 1.54) is 15.2 Å². The van der Waals surface area contributed by atoms with E-state index in [-0.39, 0.29) is 6.04 Å². The Bertz CT molecular complexity index is 478. The van der Waals surface area contributed by atoms with Crippen LogP contribution in [0.25, 0.3) is 9.65 Å². The van der Waals surface area contributed by atoms with Gasteiger partial charge in [-0.15, -0.1) is 0 Å². The van der Waals surface area contributed by atoms with Crippen LogP contribution in [-0.4, -0.2) is 27.7 Å². The van der Waals surface area contributed by atoms with Gasteiger partial charge >= 0.3 is 102 Å². The Morgan fingerprint density at radius 2 is 2.25 bits per heavy atom. The van der Waals surface area contributed by atoms with Crippen LogP contribution in [0.1, 0.15) is 18.9 Å². The van der Waals surface area contributed by atoms with Crippen LogP contribution >= 0.6 is 0 Å². The van der Waals surface area contributed by atoms with Crippen molar-refractivity contribution in [2.75, 3.05) is 7.11 Å². The topological polar surface area (TPSA) is 35.2 Å². The summed E-state index contributed by atoms with van der Waals surface area (Å²) in [5, 5.41) is 1.35. The van der Waals surface area contributed by atoms with Gasteiger partial charge in [-0.25, -0.2) is 0 Å². The summed E-state index contributed by atoms with van der Waals surface area (Å²) in [6.07, 6.45) is 2.02. The molecule has 1 heterocycles. The SMILES string of the molecule is CCC(N)Cc1c[se]c2ccc(OC)cc12. The molecule has 0 fully saturated rings. The summed E-state index contributed by atoms with van der Waals surface area (Å²) < 4.78 is 6.72. The molecule has 2 rings (SSSR count). The van der Waals surface area contributed by atoms with Crippen LogP contribution in [0.2, 0.25) is 0 Å². The van der Waals surface area contributed by atoms with Crippen LogP contribution in [0.15, 0.2) is 23.1 Å². The second-order valence-electron chi connectivity index (χ2n) is 4.00. The Morgan fingerprint density at radius 1 is 1.44 bits per heavy atom. The Morgan fingerprint density at radius 3 is 2.94 bits per heavy atom. The molecule has 0 radical (unpaired) electrons. The van der Waals surface area contributed by atoms with E-state index in [1.54, 1.807) is 7.11 Å². The molecular weight excluding hydrogens is 265 g/mol. The number of hydrogen-bond acceptors (Lipinski definition) is 2. The zero-order chi connectivity index (χ0) is 11.5. The maximum absolute atomic E-state index is 6.02. The minimum absolute atomic E-state index is 0.277. The summed E-state index contributed by atoms with van der Waals surface area (Å²) in [5.74, 6) is 0.937. The fourth-order valence-corrected chi connectivity index (χ4v) is 3.78. The van der Waals surface area contributed by atoms with E-state index in [2.05, 4.69) is 24.0 Å². The monoisotopic (exact) mass is 283 g/mol. The Balaban J connectivity index is 2.38. The third kappa shape index (κ3) is 2.32. The molecule has 86 valence electrons. The first-order valence-corrected chi connectivity index (χ1v) is 7.38. The number of nitrogens with two attached hydrogens (primary N) is 1. The molecule has 2 aromatic rings. The van der Waals surface area contributed by atoms with Gasteiger partial charge in [0.15, 0.2) is 0 Å². The van der Waals surface area contributed by atoms with Crippen molar-refractivity contribution >= 4 is 24.1 Å². The first-order chi connectivity index (χ1) is 7.74. The van der Waals surface area contributed by atoms with Gasteiger partial charge in [0.05, 0.1) is 0 Å². The molecule has 0 aliphatic rings. The third-order valence-corrected chi connectivity index (χ3v) is 4.99. The van der Waals surface area contributed by atoms with Crippen LogP contribution in [0.3, 0.4) is 0 Å². The molecule has 1 aromatic carbocycles. The molecule has 1 atom stereocenters. The van der Waals surface area contributed by atoms with E-state index in [0.29, 0.717) is 14.5 Å². The first kappa shape index (κ1) is 11.7. The van der Waals surface area contributed by atoms with Gasteiger partial charge in [0.25, 0.3) is 0 Å². The molecule has 1 unspecified atom stereocenters. The van der Waals surface area contributed by atoms with Crippen molar-refractivity contribution in [2.45, 2.75) is 25.8 Å². The van der Waals surface area contributed by atoms with Crippen molar-refractivity contribution in [2.24, 2.45) is 5.73 Å². The number of fused-ring (bicyclic) bond motifs is 1. The van der Waals surface area contributed by atoms with Crippen LogP contribution in [0.5, 0.6) is 5.75 Å². The summed E-state index contributed by atoms with van der Waals surface area (Å²) in [5.41, 5.74) is 7.42. The zero-order valence-electron chi connectivity index (χ0n) is 9.69. The number of benzene rings is 1. The Labute approximate surface area is 102 Å². The van der Waals surface area contributed by atoms with Gasteiger partial charge in [-0.3, -0.25) is 0 Å². The molecule has 0 aliphatic heterocycles. The molecule has 2 N–H and O–H groups in total. The number of hydrogen-bond donors (Lipinski definition) is 1. The van der Waals surface area contributed by atoms with E-state index in [4.69, 9.17) is 10.5 Å². The van der Waals surface area contributed by atoms with Crippen molar-refractivity contribution in [3.8, 4) is 5.75 Å². The number of ether oxygens (including phenoxy) is 1. The number of methoxy groups -OCH3 is 1. The molecule has 0 aliphatic carbocycles. The maximum atomic E-state index is 6.02. The van der Waals surface area contributed by atoms with Gasteiger partial charge in [-0.1, -0.05) is 0 Å². The molecule has 0 bridgehead atoms. The summed E-state index contributed by atoms with van der Waals surface area (Å²) in [6.45, 7) is 2.14. The third-order valence-electron chi connectivity index (χ3n) is 2.87. The van der Waals surface area contributed by atoms with Gasteiger partial charge in [0, 0.05) is 0 Å². The minimum atomic E-state index is 0.277. The van der Waals surface area contributed by atoms with Crippen molar-refractivity contribution in [3.63, 3.8) is 0 Å². The molecular formula is C13H17NOSe. The van der Waals surface area contributed by atoms with Crippen molar-refractivity contribution in [3.05, 3.63) is 28.7 Å². The van der Waals surface area contributed by atoms with Gasteiger partial charge in [0.1, 0.15) is 0 Å². The van der Waals surface area contributed by atoms with Gasteiger partial charge in [-0.2, -0.15) is 0 Å². The Hall–Kier alpha value is -0.761. The van der Waals surface area contributed by atoms with E-state index < -0.39 is 0 Å². The van der Waals surface area contributed by atoms with Crippen molar-refractivity contribution < 1.29 is 4.74 Å². The predicted molar refractivity (Wildman–Crippen MR) is 69.4 cm³/mol. The average molecular weight is 282 g/mol. The van der Waals surface area contributed by atoms with Crippen LogP contribution in [0, 0.1) is 0 Å². The van der Waals surface area contributed by atoms with Crippen LogP contribution < -0.4 is 10.5 Å². The summed E-state index contributed by atoms with van der Waals surface area (Å²) >= 11 is 0.477. The van der Waals surface area contributed by atoms with Crippen molar-refractivity contribution in [1.82, 2.24) is 0 Å². The molecule has 0 saturated heterocycles. The quantitative estimate of drug-likeness (QED) is 0.872. The zero-order valence-corrected chi connectivity index (χ0v) is 11.4. The average Bonchev–Trinajstić information content (AvgIpc) is 2.71. The van der Waals surface area contributed by atoms with E-state index >= 15 is 0 Å². The van der Waals surface area contributed by atoms with E-state index in [0.717, 1.165) is 18.6 Å². The first-order valence-electron chi connectivity index (χ1n) is 5.54. The molecule has 0 amide bonds. The molecule has 2 nitrogen and oxygen atoms in total. The fraction of sp³-hybridized carbons (Fsp3) is 0.385. The molecule has 0 saturated carbocycles. The van der Waals surface area contributed by atoms with E-state index in [9.17, 15) is 0 Å². The Kier molecular flexibility index (Phi) is 3.70. The van der Waals surface area contributed by atoms with Crippen LogP contribution in [-0.2, 0) is 6.42 Å². The van der Waals surface area contributed by atoms with Gasteiger partial charge in [0.2, 0.25) is 0 Å². The second-order valence-corrected chi connectivity index (χ2v) is 5.91. The van der Waals surface area contributed by atoms with E-state index in [1.807, 2.05) is 6.07 Å². The summed E-state index contributed by atoms with van der Waals surface area (Å²) in [4.78, 5) is 2.35. The molecule has 0 spiro atoms. The second kappa shape index (κ2) is 5.05. The standard InChI is InChI=1S/C13H17NOSe/c1-3-10(14)6-9-8-16-13-5-4-11(15-2)7-12(9)13/h4-5,7-8,10H,3,6,14H2,1-2H3. The van der Waals surface area contributed by atoms with Crippen molar-refractivity contribution in [1.29, 1.82) is 0 Å². The normalized spacial score (nSPS) is 12.9. The summed E-state index contributed by atoms with van der Waals surface area (Å²) in [7, 11) is 1.71. The van der Waals surface area contributed by atoms with Gasteiger partial charge in [-0.05, 0) is 0 Å². The summed E-state index contributed by atoms with van der Waals surface area (Å²) in [6, 6.07) is 6.63.